The molecule has 0 fully saturated rings. The molecule has 1 aromatic heterocycles. The minimum atomic E-state index is 0.889. The second-order valence-electron chi connectivity index (χ2n) is 4.66. The van der Waals surface area contributed by atoms with E-state index in [2.05, 4.69) is 49.9 Å². The fraction of sp³-hybridized carbons (Fsp3) is 0.643. The Hall–Kier alpha value is -0.850. The van der Waals surface area contributed by atoms with Gasteiger partial charge in [-0.3, -0.25) is 0 Å². The highest BCUT2D eigenvalue weighted by atomic mass is 14.9. The highest BCUT2D eigenvalue weighted by Gasteiger charge is 2.04. The predicted molar refractivity (Wildman–Crippen MR) is 64.7 cm³/mol. The summed E-state index contributed by atoms with van der Waals surface area (Å²) in [6, 6.07) is 4.28. The fourth-order valence-electron chi connectivity index (χ4n) is 2.05. The fourth-order valence-corrected chi connectivity index (χ4v) is 2.05. The lowest BCUT2D eigenvalue weighted by Gasteiger charge is -2.07. The molecule has 0 aliphatic heterocycles. The summed E-state index contributed by atoms with van der Waals surface area (Å²) in [6.07, 6.45) is 9.74. The van der Waals surface area contributed by atoms with Crippen molar-refractivity contribution in [3.05, 3.63) is 30.1 Å². The zero-order valence-electron chi connectivity index (χ0n) is 10.4. The molecule has 1 aromatic rings. The number of hydrogen-bond donors (Lipinski definition) is 0. The van der Waals surface area contributed by atoms with Crippen molar-refractivity contribution in [2.45, 2.75) is 53.0 Å². The van der Waals surface area contributed by atoms with Crippen molar-refractivity contribution in [1.82, 2.24) is 0 Å². The van der Waals surface area contributed by atoms with Crippen LogP contribution in [0.15, 0.2) is 24.5 Å². The third-order valence-electron chi connectivity index (χ3n) is 2.90. The van der Waals surface area contributed by atoms with Gasteiger partial charge in [0.15, 0.2) is 12.4 Å². The Balaban J connectivity index is 2.25. The van der Waals surface area contributed by atoms with Crippen molar-refractivity contribution >= 4 is 0 Å². The minimum Gasteiger partial charge on any atom is -0.205 e. The molecule has 0 bridgehead atoms. The summed E-state index contributed by atoms with van der Waals surface area (Å²) in [5.41, 5.74) is 1.35. The van der Waals surface area contributed by atoms with E-state index >= 15 is 0 Å². The van der Waals surface area contributed by atoms with Crippen molar-refractivity contribution in [3.8, 4) is 0 Å². The van der Waals surface area contributed by atoms with E-state index in [4.69, 9.17) is 0 Å². The average Bonchev–Trinajstić information content (AvgIpc) is 2.18. The Kier molecular flexibility index (Phi) is 5.38. The van der Waals surface area contributed by atoms with Crippen LogP contribution in [0, 0.1) is 12.8 Å². The molecule has 84 valence electrons. The summed E-state index contributed by atoms with van der Waals surface area (Å²) in [7, 11) is 0. The van der Waals surface area contributed by atoms with Crippen LogP contribution in [0.4, 0.5) is 0 Å². The molecule has 1 nitrogen and oxygen atoms in total. The normalized spacial score (nSPS) is 12.7. The zero-order chi connectivity index (χ0) is 11.1. The molecule has 0 aliphatic rings. The van der Waals surface area contributed by atoms with Gasteiger partial charge in [0.2, 0.25) is 0 Å². The molecule has 0 aliphatic carbocycles. The Labute approximate surface area is 94.1 Å². The standard InChI is InChI=1S/C14H24N/c1-4-7-13(2)8-5-10-15-11-6-9-14(3)12-15/h6,9,11-13H,4-5,7-8,10H2,1-3H3/q+1. The number of rotatable bonds is 6. The van der Waals surface area contributed by atoms with Gasteiger partial charge in [0.05, 0.1) is 0 Å². The Bertz CT molecular complexity index is 280. The van der Waals surface area contributed by atoms with E-state index in [-0.39, 0.29) is 0 Å². The van der Waals surface area contributed by atoms with Crippen LogP contribution in [0.5, 0.6) is 0 Å². The number of aromatic nitrogens is 1. The van der Waals surface area contributed by atoms with Crippen LogP contribution in [0.2, 0.25) is 0 Å². The lowest BCUT2D eigenvalue weighted by Crippen LogP contribution is -2.33. The zero-order valence-corrected chi connectivity index (χ0v) is 10.4. The van der Waals surface area contributed by atoms with Crippen molar-refractivity contribution in [3.63, 3.8) is 0 Å². The lowest BCUT2D eigenvalue weighted by molar-refractivity contribution is -0.697. The van der Waals surface area contributed by atoms with Crippen LogP contribution < -0.4 is 4.57 Å². The van der Waals surface area contributed by atoms with E-state index in [9.17, 15) is 0 Å². The second kappa shape index (κ2) is 6.60. The molecular formula is C14H24N+. The van der Waals surface area contributed by atoms with E-state index in [0.29, 0.717) is 0 Å². The second-order valence-corrected chi connectivity index (χ2v) is 4.66. The van der Waals surface area contributed by atoms with E-state index < -0.39 is 0 Å². The van der Waals surface area contributed by atoms with Gasteiger partial charge in [0.1, 0.15) is 6.54 Å². The average molecular weight is 206 g/mol. The van der Waals surface area contributed by atoms with Crippen molar-refractivity contribution in [2.75, 3.05) is 0 Å². The van der Waals surface area contributed by atoms with Gasteiger partial charge >= 0.3 is 0 Å². The topological polar surface area (TPSA) is 3.88 Å². The number of hydrogen-bond acceptors (Lipinski definition) is 0. The van der Waals surface area contributed by atoms with Gasteiger partial charge in [-0.05, 0) is 25.3 Å². The number of aryl methyl sites for hydroxylation is 2. The Morgan fingerprint density at radius 1 is 1.33 bits per heavy atom. The van der Waals surface area contributed by atoms with Crippen LogP contribution in [0.25, 0.3) is 0 Å². The molecule has 0 aromatic carbocycles. The molecule has 0 saturated heterocycles. The molecule has 1 unspecified atom stereocenters. The Morgan fingerprint density at radius 3 is 2.80 bits per heavy atom. The third kappa shape index (κ3) is 4.96. The van der Waals surface area contributed by atoms with Gasteiger partial charge in [-0.1, -0.05) is 26.7 Å². The maximum Gasteiger partial charge on any atom is 0.171 e. The van der Waals surface area contributed by atoms with Gasteiger partial charge < -0.3 is 0 Å². The predicted octanol–water partition coefficient (Wildman–Crippen LogP) is 3.50. The van der Waals surface area contributed by atoms with Crippen molar-refractivity contribution in [1.29, 1.82) is 0 Å². The molecular weight excluding hydrogens is 182 g/mol. The van der Waals surface area contributed by atoms with Crippen LogP contribution in [0.1, 0.15) is 45.1 Å². The molecule has 0 saturated carbocycles. The van der Waals surface area contributed by atoms with Gasteiger partial charge in [-0.2, -0.15) is 0 Å². The van der Waals surface area contributed by atoms with Gasteiger partial charge in [-0.15, -0.1) is 0 Å². The van der Waals surface area contributed by atoms with E-state index in [1.54, 1.807) is 0 Å². The Morgan fingerprint density at radius 2 is 2.13 bits per heavy atom. The quantitative estimate of drug-likeness (QED) is 0.627. The van der Waals surface area contributed by atoms with Crippen LogP contribution >= 0.6 is 0 Å². The molecule has 0 radical (unpaired) electrons. The molecule has 1 rings (SSSR count). The molecule has 1 heteroatoms. The monoisotopic (exact) mass is 206 g/mol. The summed E-state index contributed by atoms with van der Waals surface area (Å²) in [5, 5.41) is 0. The first-order chi connectivity index (χ1) is 7.22. The third-order valence-corrected chi connectivity index (χ3v) is 2.90. The highest BCUT2D eigenvalue weighted by Crippen LogP contribution is 2.11. The van der Waals surface area contributed by atoms with E-state index in [0.717, 1.165) is 12.5 Å². The highest BCUT2D eigenvalue weighted by molar-refractivity contribution is 5.01. The summed E-state index contributed by atoms with van der Waals surface area (Å²) in [6.45, 7) is 7.95. The van der Waals surface area contributed by atoms with E-state index in [1.807, 2.05) is 0 Å². The summed E-state index contributed by atoms with van der Waals surface area (Å²) in [5.74, 6) is 0.889. The summed E-state index contributed by atoms with van der Waals surface area (Å²) in [4.78, 5) is 0. The summed E-state index contributed by atoms with van der Waals surface area (Å²) < 4.78 is 2.30. The molecule has 1 atom stereocenters. The maximum absolute atomic E-state index is 2.37. The lowest BCUT2D eigenvalue weighted by atomic mass is 10.0. The SMILES string of the molecule is CCCC(C)CCC[n+]1cccc(C)c1. The molecule has 0 spiro atoms. The number of nitrogens with zero attached hydrogens (tertiary/aromatic N) is 1. The van der Waals surface area contributed by atoms with Crippen molar-refractivity contribution < 1.29 is 4.57 Å². The van der Waals surface area contributed by atoms with Gasteiger partial charge in [-0.25, -0.2) is 4.57 Å². The summed E-state index contributed by atoms with van der Waals surface area (Å²) >= 11 is 0. The number of pyridine rings is 1. The molecule has 0 amide bonds. The molecule has 0 N–H and O–H groups in total. The van der Waals surface area contributed by atoms with Crippen LogP contribution in [-0.4, -0.2) is 0 Å². The first kappa shape index (κ1) is 12.2. The van der Waals surface area contributed by atoms with Crippen LogP contribution in [-0.2, 0) is 6.54 Å². The first-order valence-electron chi connectivity index (χ1n) is 6.18. The molecule has 1 heterocycles. The van der Waals surface area contributed by atoms with Crippen molar-refractivity contribution in [2.24, 2.45) is 5.92 Å². The first-order valence-corrected chi connectivity index (χ1v) is 6.18. The van der Waals surface area contributed by atoms with E-state index in [1.165, 1.54) is 31.2 Å². The smallest absolute Gasteiger partial charge is 0.171 e. The van der Waals surface area contributed by atoms with Gasteiger partial charge in [0, 0.05) is 18.1 Å². The molecule has 15 heavy (non-hydrogen) atoms. The minimum absolute atomic E-state index is 0.889. The largest absolute Gasteiger partial charge is 0.205 e. The maximum atomic E-state index is 2.37. The van der Waals surface area contributed by atoms with Crippen LogP contribution in [0.3, 0.4) is 0 Å². The van der Waals surface area contributed by atoms with Gasteiger partial charge in [0.25, 0.3) is 0 Å².